The molecular weight excluding hydrogens is 170 g/mol. The van der Waals surface area contributed by atoms with Crippen LogP contribution in [0, 0.1) is 29.1 Å². The zero-order valence-corrected chi connectivity index (χ0v) is 8.89. The summed E-state index contributed by atoms with van der Waals surface area (Å²) in [5.74, 6) is 2.65. The fourth-order valence-corrected chi connectivity index (χ4v) is 2.35. The largest absolute Gasteiger partial charge is 0.198 e. The van der Waals surface area contributed by atoms with E-state index in [0.29, 0.717) is 0 Å². The SMILES string of the molecule is C#CCCCC1(C#N)CCCCCC1. The maximum Gasteiger partial charge on any atom is 0.0689 e. The van der Waals surface area contributed by atoms with Gasteiger partial charge in [-0.2, -0.15) is 5.26 Å². The Bertz CT molecular complexity index is 233. The molecule has 0 aromatic rings. The van der Waals surface area contributed by atoms with Crippen molar-refractivity contribution in [3.63, 3.8) is 0 Å². The molecule has 0 atom stereocenters. The lowest BCUT2D eigenvalue weighted by Crippen LogP contribution is -2.17. The second-order valence-electron chi connectivity index (χ2n) is 4.36. The van der Waals surface area contributed by atoms with E-state index in [-0.39, 0.29) is 5.41 Å². The summed E-state index contributed by atoms with van der Waals surface area (Å²) in [6.07, 6.45) is 15.3. The van der Waals surface area contributed by atoms with Crippen LogP contribution in [0.15, 0.2) is 0 Å². The Labute approximate surface area is 87.5 Å². The molecular formula is C13H19N. The summed E-state index contributed by atoms with van der Waals surface area (Å²) in [6, 6.07) is 2.55. The standard InChI is InChI=1S/C13H19N/c1-2-3-6-9-13(12-14)10-7-4-5-8-11-13/h1H,3-11H2. The molecule has 1 rings (SSSR count). The molecule has 76 valence electrons. The third kappa shape index (κ3) is 3.08. The fraction of sp³-hybridized carbons (Fsp3) is 0.769. The monoisotopic (exact) mass is 189 g/mol. The Morgan fingerprint density at radius 1 is 1.14 bits per heavy atom. The van der Waals surface area contributed by atoms with E-state index in [2.05, 4.69) is 12.0 Å². The molecule has 0 heterocycles. The van der Waals surface area contributed by atoms with Gasteiger partial charge in [-0.1, -0.05) is 25.7 Å². The second-order valence-corrected chi connectivity index (χ2v) is 4.36. The summed E-state index contributed by atoms with van der Waals surface area (Å²) in [7, 11) is 0. The average Bonchev–Trinajstić information content (AvgIpc) is 2.45. The minimum absolute atomic E-state index is 0.0344. The van der Waals surface area contributed by atoms with E-state index >= 15 is 0 Å². The predicted molar refractivity (Wildman–Crippen MR) is 58.4 cm³/mol. The normalized spacial score (nSPS) is 20.4. The highest BCUT2D eigenvalue weighted by Gasteiger charge is 2.29. The highest BCUT2D eigenvalue weighted by Crippen LogP contribution is 2.38. The minimum atomic E-state index is -0.0344. The van der Waals surface area contributed by atoms with Gasteiger partial charge in [-0.3, -0.25) is 0 Å². The number of nitriles is 1. The first-order valence-electron chi connectivity index (χ1n) is 5.68. The molecule has 14 heavy (non-hydrogen) atoms. The van der Waals surface area contributed by atoms with Crippen LogP contribution in [-0.2, 0) is 0 Å². The summed E-state index contributed by atoms with van der Waals surface area (Å²) in [4.78, 5) is 0. The molecule has 0 N–H and O–H groups in total. The molecule has 0 aliphatic heterocycles. The Balaban J connectivity index is 2.47. The molecule has 0 radical (unpaired) electrons. The Morgan fingerprint density at radius 3 is 2.29 bits per heavy atom. The molecule has 1 fully saturated rings. The van der Waals surface area contributed by atoms with Gasteiger partial charge in [-0.25, -0.2) is 0 Å². The second kappa shape index (κ2) is 5.71. The van der Waals surface area contributed by atoms with Gasteiger partial charge in [0.15, 0.2) is 0 Å². The van der Waals surface area contributed by atoms with Gasteiger partial charge in [0.25, 0.3) is 0 Å². The van der Waals surface area contributed by atoms with Crippen molar-refractivity contribution in [1.82, 2.24) is 0 Å². The summed E-state index contributed by atoms with van der Waals surface area (Å²) in [5, 5.41) is 9.26. The van der Waals surface area contributed by atoms with Gasteiger partial charge in [0, 0.05) is 6.42 Å². The van der Waals surface area contributed by atoms with Crippen molar-refractivity contribution in [1.29, 1.82) is 5.26 Å². The lowest BCUT2D eigenvalue weighted by Gasteiger charge is -2.24. The van der Waals surface area contributed by atoms with E-state index in [1.54, 1.807) is 0 Å². The van der Waals surface area contributed by atoms with Crippen LogP contribution in [0.5, 0.6) is 0 Å². The van der Waals surface area contributed by atoms with Gasteiger partial charge in [0.05, 0.1) is 11.5 Å². The molecule has 0 spiro atoms. The number of nitrogens with zero attached hydrogens (tertiary/aromatic N) is 1. The summed E-state index contributed by atoms with van der Waals surface area (Å²) in [5.41, 5.74) is -0.0344. The first-order valence-corrected chi connectivity index (χ1v) is 5.68. The number of hydrogen-bond acceptors (Lipinski definition) is 1. The van der Waals surface area contributed by atoms with E-state index in [4.69, 9.17) is 6.42 Å². The molecule has 0 aromatic carbocycles. The topological polar surface area (TPSA) is 23.8 Å². The number of terminal acetylenes is 1. The van der Waals surface area contributed by atoms with Crippen molar-refractivity contribution in [2.45, 2.75) is 57.8 Å². The molecule has 1 heteroatoms. The Kier molecular flexibility index (Phi) is 4.54. The Morgan fingerprint density at radius 2 is 1.79 bits per heavy atom. The lowest BCUT2D eigenvalue weighted by molar-refractivity contribution is 0.308. The average molecular weight is 189 g/mol. The maximum absolute atomic E-state index is 9.26. The van der Waals surface area contributed by atoms with Crippen LogP contribution in [0.2, 0.25) is 0 Å². The van der Waals surface area contributed by atoms with Crippen LogP contribution < -0.4 is 0 Å². The van der Waals surface area contributed by atoms with E-state index in [9.17, 15) is 5.26 Å². The maximum atomic E-state index is 9.26. The van der Waals surface area contributed by atoms with Crippen LogP contribution in [0.3, 0.4) is 0 Å². The van der Waals surface area contributed by atoms with E-state index in [0.717, 1.165) is 32.1 Å². The molecule has 1 saturated carbocycles. The van der Waals surface area contributed by atoms with Gasteiger partial charge >= 0.3 is 0 Å². The Hall–Kier alpha value is -0.950. The van der Waals surface area contributed by atoms with Gasteiger partial charge < -0.3 is 0 Å². The molecule has 1 nitrogen and oxygen atoms in total. The van der Waals surface area contributed by atoms with Crippen molar-refractivity contribution >= 4 is 0 Å². The molecule has 0 unspecified atom stereocenters. The van der Waals surface area contributed by atoms with Crippen LogP contribution >= 0.6 is 0 Å². The summed E-state index contributed by atoms with van der Waals surface area (Å²) in [6.45, 7) is 0. The van der Waals surface area contributed by atoms with Gasteiger partial charge in [0.2, 0.25) is 0 Å². The molecule has 1 aliphatic carbocycles. The molecule has 0 bridgehead atoms. The smallest absolute Gasteiger partial charge is 0.0689 e. The third-order valence-corrected chi connectivity index (χ3v) is 3.27. The first kappa shape index (κ1) is 11.1. The predicted octanol–water partition coefficient (Wildman–Crippen LogP) is 3.65. The summed E-state index contributed by atoms with van der Waals surface area (Å²) >= 11 is 0. The van der Waals surface area contributed by atoms with Crippen LogP contribution in [0.4, 0.5) is 0 Å². The molecule has 0 aromatic heterocycles. The van der Waals surface area contributed by atoms with Crippen LogP contribution in [0.1, 0.15) is 57.8 Å². The summed E-state index contributed by atoms with van der Waals surface area (Å²) < 4.78 is 0. The highest BCUT2D eigenvalue weighted by molar-refractivity contribution is 5.00. The number of unbranched alkanes of at least 4 members (excludes halogenated alkanes) is 1. The molecule has 0 amide bonds. The number of hydrogen-bond donors (Lipinski definition) is 0. The van der Waals surface area contributed by atoms with Crippen molar-refractivity contribution in [2.24, 2.45) is 5.41 Å². The van der Waals surface area contributed by atoms with E-state index < -0.39 is 0 Å². The van der Waals surface area contributed by atoms with E-state index in [1.807, 2.05) is 0 Å². The van der Waals surface area contributed by atoms with E-state index in [1.165, 1.54) is 25.7 Å². The van der Waals surface area contributed by atoms with Gasteiger partial charge in [-0.15, -0.1) is 12.3 Å². The zero-order chi connectivity index (χ0) is 10.3. The molecule has 0 saturated heterocycles. The fourth-order valence-electron chi connectivity index (χ4n) is 2.35. The molecule has 1 aliphatic rings. The third-order valence-electron chi connectivity index (χ3n) is 3.27. The number of rotatable bonds is 3. The van der Waals surface area contributed by atoms with Crippen LogP contribution in [-0.4, -0.2) is 0 Å². The minimum Gasteiger partial charge on any atom is -0.198 e. The van der Waals surface area contributed by atoms with Crippen LogP contribution in [0.25, 0.3) is 0 Å². The van der Waals surface area contributed by atoms with Crippen molar-refractivity contribution in [3.8, 4) is 18.4 Å². The highest BCUT2D eigenvalue weighted by atomic mass is 14.4. The zero-order valence-electron chi connectivity index (χ0n) is 8.89. The quantitative estimate of drug-likeness (QED) is 0.377. The van der Waals surface area contributed by atoms with Gasteiger partial charge in [-0.05, 0) is 25.7 Å². The van der Waals surface area contributed by atoms with Gasteiger partial charge in [0.1, 0.15) is 0 Å². The van der Waals surface area contributed by atoms with Crippen molar-refractivity contribution in [2.75, 3.05) is 0 Å². The lowest BCUT2D eigenvalue weighted by atomic mass is 9.78. The first-order chi connectivity index (χ1) is 6.83. The van der Waals surface area contributed by atoms with Crippen molar-refractivity contribution in [3.05, 3.63) is 0 Å². The van der Waals surface area contributed by atoms with Crippen molar-refractivity contribution < 1.29 is 0 Å².